The monoisotopic (exact) mass is 198 g/mol. The third-order valence-corrected chi connectivity index (χ3v) is 2.39. The van der Waals surface area contributed by atoms with E-state index in [4.69, 9.17) is 0 Å². The number of hydrogen-bond donors (Lipinski definition) is 0. The molecule has 82 valence electrons. The lowest BCUT2D eigenvalue weighted by Crippen LogP contribution is -1.82. The first kappa shape index (κ1) is 13.3. The second-order valence-corrected chi connectivity index (χ2v) is 3.74. The van der Waals surface area contributed by atoms with Gasteiger partial charge in [0.1, 0.15) is 12.6 Å². The Kier molecular flexibility index (Phi) is 11.8. The van der Waals surface area contributed by atoms with Gasteiger partial charge in [0.05, 0.1) is 0 Å². The Morgan fingerprint density at radius 2 is 0.786 bits per heavy atom. The molecule has 0 saturated heterocycles. The van der Waals surface area contributed by atoms with Crippen molar-refractivity contribution < 1.29 is 9.59 Å². The molecule has 0 spiro atoms. The summed E-state index contributed by atoms with van der Waals surface area (Å²) < 4.78 is 0. The molecule has 0 atom stereocenters. The molecule has 0 aromatic rings. The number of hydrogen-bond acceptors (Lipinski definition) is 2. The summed E-state index contributed by atoms with van der Waals surface area (Å²) in [5.41, 5.74) is 0. The van der Waals surface area contributed by atoms with E-state index in [1.54, 1.807) is 0 Å². The van der Waals surface area contributed by atoms with Crippen molar-refractivity contribution in [2.75, 3.05) is 0 Å². The molecule has 2 nitrogen and oxygen atoms in total. The van der Waals surface area contributed by atoms with Crippen LogP contribution in [-0.2, 0) is 9.59 Å². The summed E-state index contributed by atoms with van der Waals surface area (Å²) in [6, 6.07) is 0. The molecule has 0 radical (unpaired) electrons. The number of carbonyl (C=O) groups excluding carboxylic acids is 2. The number of carbonyl (C=O) groups is 2. The predicted octanol–water partition coefficient (Wildman–Crippen LogP) is 3.29. The van der Waals surface area contributed by atoms with Crippen LogP contribution in [0.3, 0.4) is 0 Å². The van der Waals surface area contributed by atoms with Crippen LogP contribution in [0.1, 0.15) is 64.2 Å². The van der Waals surface area contributed by atoms with Gasteiger partial charge in [0.15, 0.2) is 0 Å². The van der Waals surface area contributed by atoms with Crippen LogP contribution in [0.2, 0.25) is 0 Å². The highest BCUT2D eigenvalue weighted by Gasteiger charge is 1.91. The maximum absolute atomic E-state index is 10.0. The Balaban J connectivity index is 2.84. The maximum Gasteiger partial charge on any atom is 0.119 e. The third kappa shape index (κ3) is 11.3. The van der Waals surface area contributed by atoms with E-state index in [0.717, 1.165) is 38.3 Å². The van der Waals surface area contributed by atoms with Gasteiger partial charge in [-0.2, -0.15) is 0 Å². The van der Waals surface area contributed by atoms with Gasteiger partial charge >= 0.3 is 0 Å². The van der Waals surface area contributed by atoms with Crippen molar-refractivity contribution >= 4 is 12.6 Å². The fourth-order valence-electron chi connectivity index (χ4n) is 1.52. The van der Waals surface area contributed by atoms with Gasteiger partial charge in [-0.15, -0.1) is 0 Å². The summed E-state index contributed by atoms with van der Waals surface area (Å²) in [5, 5.41) is 0. The van der Waals surface area contributed by atoms with Crippen molar-refractivity contribution in [3.05, 3.63) is 0 Å². The van der Waals surface area contributed by atoms with Crippen molar-refractivity contribution in [2.45, 2.75) is 64.2 Å². The SMILES string of the molecule is O=CCCCCCCCCCCC=O. The molecular formula is C12H22O2. The van der Waals surface area contributed by atoms with Crippen molar-refractivity contribution in [1.82, 2.24) is 0 Å². The highest BCUT2D eigenvalue weighted by atomic mass is 16.1. The Morgan fingerprint density at radius 3 is 1.07 bits per heavy atom. The average Bonchev–Trinajstić information content (AvgIpc) is 2.21. The molecule has 0 amide bonds. The van der Waals surface area contributed by atoms with Crippen LogP contribution in [0.5, 0.6) is 0 Å². The first-order valence-electron chi connectivity index (χ1n) is 5.79. The summed E-state index contributed by atoms with van der Waals surface area (Å²) in [4.78, 5) is 20.0. The van der Waals surface area contributed by atoms with E-state index in [0.29, 0.717) is 0 Å². The van der Waals surface area contributed by atoms with Crippen LogP contribution in [0.25, 0.3) is 0 Å². The normalized spacial score (nSPS) is 10.0. The molecular weight excluding hydrogens is 176 g/mol. The smallest absolute Gasteiger partial charge is 0.119 e. The van der Waals surface area contributed by atoms with Crippen LogP contribution < -0.4 is 0 Å². The minimum absolute atomic E-state index is 0.722. The maximum atomic E-state index is 10.0. The predicted molar refractivity (Wildman–Crippen MR) is 58.3 cm³/mol. The molecule has 0 rings (SSSR count). The van der Waals surface area contributed by atoms with Gasteiger partial charge < -0.3 is 9.59 Å². The molecule has 2 heteroatoms. The van der Waals surface area contributed by atoms with Gasteiger partial charge in [0.25, 0.3) is 0 Å². The molecule has 0 unspecified atom stereocenters. The van der Waals surface area contributed by atoms with Gasteiger partial charge in [-0.3, -0.25) is 0 Å². The number of aldehydes is 2. The lowest BCUT2D eigenvalue weighted by Gasteiger charge is -1.99. The molecule has 0 aromatic carbocycles. The van der Waals surface area contributed by atoms with Crippen molar-refractivity contribution in [2.24, 2.45) is 0 Å². The van der Waals surface area contributed by atoms with Crippen LogP contribution in [-0.4, -0.2) is 12.6 Å². The van der Waals surface area contributed by atoms with Crippen LogP contribution in [0, 0.1) is 0 Å². The van der Waals surface area contributed by atoms with E-state index in [-0.39, 0.29) is 0 Å². The van der Waals surface area contributed by atoms with Gasteiger partial charge in [-0.1, -0.05) is 38.5 Å². The van der Waals surface area contributed by atoms with E-state index < -0.39 is 0 Å². The zero-order valence-corrected chi connectivity index (χ0v) is 9.04. The van der Waals surface area contributed by atoms with Gasteiger partial charge in [0.2, 0.25) is 0 Å². The number of unbranched alkanes of at least 4 members (excludes halogenated alkanes) is 9. The quantitative estimate of drug-likeness (QED) is 0.377. The first-order valence-corrected chi connectivity index (χ1v) is 5.79. The highest BCUT2D eigenvalue weighted by molar-refractivity contribution is 5.49. The van der Waals surface area contributed by atoms with Crippen LogP contribution in [0.4, 0.5) is 0 Å². The van der Waals surface area contributed by atoms with Gasteiger partial charge in [-0.05, 0) is 12.8 Å². The molecule has 0 heterocycles. The van der Waals surface area contributed by atoms with Crippen molar-refractivity contribution in [3.63, 3.8) is 0 Å². The molecule has 0 fully saturated rings. The second kappa shape index (κ2) is 12.3. The number of rotatable bonds is 11. The van der Waals surface area contributed by atoms with E-state index in [9.17, 15) is 9.59 Å². The minimum Gasteiger partial charge on any atom is -0.303 e. The molecule has 0 aromatic heterocycles. The van der Waals surface area contributed by atoms with E-state index in [1.807, 2.05) is 0 Å². The van der Waals surface area contributed by atoms with Crippen molar-refractivity contribution in [1.29, 1.82) is 0 Å². The molecule has 0 saturated carbocycles. The van der Waals surface area contributed by atoms with E-state index in [1.165, 1.54) is 38.5 Å². The molecule has 0 bridgehead atoms. The van der Waals surface area contributed by atoms with Crippen molar-refractivity contribution in [3.8, 4) is 0 Å². The average molecular weight is 198 g/mol. The molecule has 0 N–H and O–H groups in total. The fraction of sp³-hybridized carbons (Fsp3) is 0.833. The van der Waals surface area contributed by atoms with Crippen LogP contribution in [0.15, 0.2) is 0 Å². The summed E-state index contributed by atoms with van der Waals surface area (Å²) in [6.45, 7) is 0. The van der Waals surface area contributed by atoms with E-state index in [2.05, 4.69) is 0 Å². The Morgan fingerprint density at radius 1 is 0.500 bits per heavy atom. The van der Waals surface area contributed by atoms with E-state index >= 15 is 0 Å². The lowest BCUT2D eigenvalue weighted by atomic mass is 10.1. The summed E-state index contributed by atoms with van der Waals surface area (Å²) >= 11 is 0. The third-order valence-electron chi connectivity index (χ3n) is 2.39. The van der Waals surface area contributed by atoms with Gasteiger partial charge in [0, 0.05) is 12.8 Å². The topological polar surface area (TPSA) is 34.1 Å². The zero-order valence-electron chi connectivity index (χ0n) is 9.04. The standard InChI is InChI=1S/C12H22O2/c13-11-9-7-5-3-1-2-4-6-8-10-12-14/h11-12H,1-10H2. The summed E-state index contributed by atoms with van der Waals surface area (Å²) in [7, 11) is 0. The first-order chi connectivity index (χ1) is 6.91. The zero-order chi connectivity index (χ0) is 10.5. The Labute approximate surface area is 87.1 Å². The molecule has 0 aliphatic heterocycles. The highest BCUT2D eigenvalue weighted by Crippen LogP contribution is 2.09. The van der Waals surface area contributed by atoms with Gasteiger partial charge in [-0.25, -0.2) is 0 Å². The summed E-state index contributed by atoms with van der Waals surface area (Å²) in [6.07, 6.45) is 13.0. The fourth-order valence-corrected chi connectivity index (χ4v) is 1.52. The second-order valence-electron chi connectivity index (χ2n) is 3.74. The Hall–Kier alpha value is -0.660. The Bertz CT molecular complexity index is 116. The van der Waals surface area contributed by atoms with Crippen LogP contribution >= 0.6 is 0 Å². The lowest BCUT2D eigenvalue weighted by molar-refractivity contribution is -0.108. The molecule has 0 aliphatic carbocycles. The summed E-state index contributed by atoms with van der Waals surface area (Å²) in [5.74, 6) is 0. The molecule has 14 heavy (non-hydrogen) atoms. The molecule has 0 aliphatic rings. The minimum atomic E-state index is 0.722. The largest absolute Gasteiger partial charge is 0.303 e.